The molecule has 0 saturated carbocycles. The van der Waals surface area contributed by atoms with Gasteiger partial charge in [-0.3, -0.25) is 10.1 Å². The number of para-hydroxylation sites is 1. The fourth-order valence-corrected chi connectivity index (χ4v) is 4.79. The molecule has 2 aromatic heterocycles. The van der Waals surface area contributed by atoms with Crippen LogP contribution in [0, 0.1) is 0 Å². The van der Waals surface area contributed by atoms with Gasteiger partial charge in [0, 0.05) is 22.5 Å². The van der Waals surface area contributed by atoms with Crippen molar-refractivity contribution in [1.29, 1.82) is 0 Å². The summed E-state index contributed by atoms with van der Waals surface area (Å²) in [5.74, 6) is 0.0112. The lowest BCUT2D eigenvalue weighted by atomic mass is 9.93. The number of methoxy groups -OCH3 is 1. The zero-order chi connectivity index (χ0) is 25.6. The topological polar surface area (TPSA) is 110 Å². The number of hydrogen-bond acceptors (Lipinski definition) is 5. The Morgan fingerprint density at radius 2 is 1.70 bits per heavy atom. The number of benzene rings is 3. The average Bonchev–Trinajstić information content (AvgIpc) is 3.59. The van der Waals surface area contributed by atoms with E-state index >= 15 is 0 Å². The van der Waals surface area contributed by atoms with Gasteiger partial charge >= 0.3 is 6.03 Å². The number of hydrogen-bond donors (Lipinski definition) is 3. The Morgan fingerprint density at radius 1 is 0.973 bits per heavy atom. The van der Waals surface area contributed by atoms with Crippen LogP contribution in [0.4, 0.5) is 4.79 Å². The summed E-state index contributed by atoms with van der Waals surface area (Å²) in [5.41, 5.74) is 1.12. The second kappa shape index (κ2) is 8.56. The van der Waals surface area contributed by atoms with E-state index in [1.165, 1.54) is 0 Å². The molecule has 9 heteroatoms. The first-order valence-corrected chi connectivity index (χ1v) is 11.7. The number of urea groups is 1. The van der Waals surface area contributed by atoms with Gasteiger partial charge in [0.25, 0.3) is 5.91 Å². The lowest BCUT2D eigenvalue weighted by Gasteiger charge is -2.27. The predicted molar refractivity (Wildman–Crippen MR) is 138 cm³/mol. The average molecular weight is 494 g/mol. The summed E-state index contributed by atoms with van der Waals surface area (Å²) in [5, 5.41) is 22.5. The van der Waals surface area contributed by atoms with Gasteiger partial charge in [-0.25, -0.2) is 9.48 Å². The van der Waals surface area contributed by atoms with Crippen LogP contribution in [0.15, 0.2) is 91.1 Å². The highest BCUT2D eigenvalue weighted by atomic mass is 16.5. The Balaban J connectivity index is 1.55. The minimum atomic E-state index is -1.55. The molecule has 1 atom stereocenters. The van der Waals surface area contributed by atoms with Crippen LogP contribution in [-0.4, -0.2) is 38.5 Å². The first kappa shape index (κ1) is 22.4. The van der Waals surface area contributed by atoms with Crippen LogP contribution in [0.25, 0.3) is 27.7 Å². The van der Waals surface area contributed by atoms with E-state index in [9.17, 15) is 14.7 Å². The standard InChI is InChI=1S/C28H23N5O4/c1-37-21-13-12-19-16-32(25(34)22(19)14-21)17-28(26(35)29-27(36)30-28)24-15-23(18-8-4-2-5-9-18)31-33(24)20-10-6-3-7-11-20/h2-16,34H,17H2,1H3,(H2,29,30,35,36)/t28-/m0/s1. The molecule has 5 aromatic rings. The minimum absolute atomic E-state index is 0.0451. The van der Waals surface area contributed by atoms with Crippen LogP contribution in [0.5, 0.6) is 11.6 Å². The van der Waals surface area contributed by atoms with Crippen LogP contribution < -0.4 is 15.4 Å². The molecule has 1 aliphatic rings. The number of rotatable bonds is 6. The summed E-state index contributed by atoms with van der Waals surface area (Å²) in [6.45, 7) is -0.0693. The van der Waals surface area contributed by atoms with Gasteiger partial charge in [0.2, 0.25) is 0 Å². The second-order valence-electron chi connectivity index (χ2n) is 8.88. The smallest absolute Gasteiger partial charge is 0.322 e. The molecule has 1 fully saturated rings. The number of carbonyl (C=O) groups is 2. The summed E-state index contributed by atoms with van der Waals surface area (Å²) in [7, 11) is 1.55. The van der Waals surface area contributed by atoms with Crippen molar-refractivity contribution in [2.45, 2.75) is 12.1 Å². The van der Waals surface area contributed by atoms with E-state index in [1.54, 1.807) is 40.8 Å². The van der Waals surface area contributed by atoms with Crippen molar-refractivity contribution in [2.75, 3.05) is 7.11 Å². The third-order valence-electron chi connectivity index (χ3n) is 6.63. The van der Waals surface area contributed by atoms with Crippen LogP contribution in [0.1, 0.15) is 5.69 Å². The third-order valence-corrected chi connectivity index (χ3v) is 6.63. The summed E-state index contributed by atoms with van der Waals surface area (Å²) in [4.78, 5) is 26.1. The number of fused-ring (bicyclic) bond motifs is 1. The molecule has 0 spiro atoms. The molecule has 0 radical (unpaired) electrons. The van der Waals surface area contributed by atoms with Crippen LogP contribution in [-0.2, 0) is 16.9 Å². The first-order chi connectivity index (χ1) is 18.0. The highest BCUT2D eigenvalue weighted by Gasteiger charge is 2.51. The van der Waals surface area contributed by atoms with Crippen molar-refractivity contribution in [3.63, 3.8) is 0 Å². The van der Waals surface area contributed by atoms with Gasteiger partial charge in [0.1, 0.15) is 5.75 Å². The van der Waals surface area contributed by atoms with Crippen LogP contribution in [0.3, 0.4) is 0 Å². The van der Waals surface area contributed by atoms with E-state index in [0.717, 1.165) is 16.6 Å². The molecule has 0 unspecified atom stereocenters. The molecule has 6 rings (SSSR count). The molecule has 3 amide bonds. The van der Waals surface area contributed by atoms with Crippen molar-refractivity contribution in [3.8, 4) is 28.6 Å². The highest BCUT2D eigenvalue weighted by Crippen LogP contribution is 2.37. The summed E-state index contributed by atoms with van der Waals surface area (Å²) >= 11 is 0. The van der Waals surface area contributed by atoms with E-state index in [1.807, 2.05) is 66.7 Å². The Kier molecular flexibility index (Phi) is 5.19. The second-order valence-corrected chi connectivity index (χ2v) is 8.88. The van der Waals surface area contributed by atoms with Gasteiger partial charge in [-0.05, 0) is 36.4 Å². The first-order valence-electron chi connectivity index (χ1n) is 11.7. The van der Waals surface area contributed by atoms with E-state index in [4.69, 9.17) is 9.84 Å². The van der Waals surface area contributed by atoms with Gasteiger partial charge < -0.3 is 19.7 Å². The fraction of sp³-hybridized carbons (Fsp3) is 0.107. The molecule has 1 aliphatic heterocycles. The maximum absolute atomic E-state index is 13.5. The van der Waals surface area contributed by atoms with E-state index in [0.29, 0.717) is 22.5 Å². The SMILES string of the molecule is COc1ccc2cn(C[C@@]3(c4cc(-c5ccccc5)nn4-c4ccccc4)NC(=O)NC3=O)c(O)c2c1. The third kappa shape index (κ3) is 3.68. The van der Waals surface area contributed by atoms with Gasteiger partial charge in [-0.15, -0.1) is 0 Å². The number of nitrogens with one attached hydrogen (secondary N) is 2. The van der Waals surface area contributed by atoms with Gasteiger partial charge in [-0.2, -0.15) is 5.10 Å². The largest absolute Gasteiger partial charge is 0.497 e. The lowest BCUT2D eigenvalue weighted by molar-refractivity contribution is -0.125. The maximum atomic E-state index is 13.5. The van der Waals surface area contributed by atoms with Gasteiger partial charge in [0.15, 0.2) is 11.4 Å². The Labute approximate surface area is 211 Å². The number of imide groups is 1. The van der Waals surface area contributed by atoms with Crippen LogP contribution in [0.2, 0.25) is 0 Å². The van der Waals surface area contributed by atoms with Gasteiger partial charge in [-0.1, -0.05) is 48.5 Å². The molecular weight excluding hydrogens is 470 g/mol. The fourth-order valence-electron chi connectivity index (χ4n) is 4.79. The number of nitrogens with zero attached hydrogens (tertiary/aromatic N) is 3. The number of amides is 3. The van der Waals surface area contributed by atoms with E-state index in [-0.39, 0.29) is 12.4 Å². The summed E-state index contributed by atoms with van der Waals surface area (Å²) in [6, 6.07) is 25.5. The summed E-state index contributed by atoms with van der Waals surface area (Å²) < 4.78 is 8.52. The number of aromatic hydroxyl groups is 1. The van der Waals surface area contributed by atoms with E-state index < -0.39 is 17.5 Å². The van der Waals surface area contributed by atoms with Crippen molar-refractivity contribution >= 4 is 22.7 Å². The Morgan fingerprint density at radius 3 is 2.38 bits per heavy atom. The van der Waals surface area contributed by atoms with E-state index in [2.05, 4.69) is 10.6 Å². The molecular formula is C28H23N5O4. The predicted octanol–water partition coefficient (Wildman–Crippen LogP) is 3.94. The quantitative estimate of drug-likeness (QED) is 0.310. The van der Waals surface area contributed by atoms with Gasteiger partial charge in [0.05, 0.1) is 30.7 Å². The minimum Gasteiger partial charge on any atom is -0.497 e. The Bertz CT molecular complexity index is 1640. The lowest BCUT2D eigenvalue weighted by Crippen LogP contribution is -2.48. The number of aromatic nitrogens is 3. The Hall–Kier alpha value is -5.05. The van der Waals surface area contributed by atoms with Crippen molar-refractivity contribution in [1.82, 2.24) is 25.0 Å². The number of ether oxygens (including phenoxy) is 1. The van der Waals surface area contributed by atoms with Crippen molar-refractivity contribution in [3.05, 3.63) is 96.8 Å². The molecule has 37 heavy (non-hydrogen) atoms. The molecule has 184 valence electrons. The zero-order valence-corrected chi connectivity index (χ0v) is 19.9. The molecule has 0 aliphatic carbocycles. The number of carbonyl (C=O) groups excluding carboxylic acids is 2. The van der Waals surface area contributed by atoms with Crippen molar-refractivity contribution < 1.29 is 19.4 Å². The highest BCUT2D eigenvalue weighted by molar-refractivity contribution is 6.07. The molecule has 3 aromatic carbocycles. The van der Waals surface area contributed by atoms with Crippen LogP contribution >= 0.6 is 0 Å². The molecule has 3 N–H and O–H groups in total. The monoisotopic (exact) mass is 493 g/mol. The summed E-state index contributed by atoms with van der Waals surface area (Å²) in [6.07, 6.45) is 1.74. The maximum Gasteiger partial charge on any atom is 0.322 e. The zero-order valence-electron chi connectivity index (χ0n) is 19.9. The van der Waals surface area contributed by atoms with Crippen molar-refractivity contribution in [2.24, 2.45) is 0 Å². The molecule has 3 heterocycles. The molecule has 0 bridgehead atoms. The molecule has 9 nitrogen and oxygen atoms in total. The normalized spacial score (nSPS) is 17.1. The molecule has 1 saturated heterocycles.